The van der Waals surface area contributed by atoms with Gasteiger partial charge < -0.3 is 9.47 Å². The quantitative estimate of drug-likeness (QED) is 0.535. The van der Waals surface area contributed by atoms with Crippen molar-refractivity contribution >= 4 is 6.16 Å². The Bertz CT molecular complexity index is 88.3. The number of rotatable bonds is 2. The van der Waals surface area contributed by atoms with Crippen molar-refractivity contribution < 1.29 is 14.3 Å². The van der Waals surface area contributed by atoms with Crippen molar-refractivity contribution in [1.82, 2.24) is 0 Å². The third-order valence-electron chi connectivity index (χ3n) is 0.546. The van der Waals surface area contributed by atoms with Crippen molar-refractivity contribution in [2.45, 2.75) is 26.9 Å². The van der Waals surface area contributed by atoms with Crippen molar-refractivity contribution in [1.29, 1.82) is 0 Å². The van der Waals surface area contributed by atoms with E-state index in [2.05, 4.69) is 9.47 Å². The summed E-state index contributed by atoms with van der Waals surface area (Å²) in [6.07, 6.45) is -0.759. The minimum atomic E-state index is -0.646. The van der Waals surface area contributed by atoms with Crippen LogP contribution in [0.3, 0.4) is 0 Å². The molecule has 0 aliphatic rings. The van der Waals surface area contributed by atoms with Gasteiger partial charge in [-0.15, -0.1) is 0 Å². The largest absolute Gasteiger partial charge is 0.508 e. The summed E-state index contributed by atoms with van der Waals surface area (Å²) in [5, 5.41) is 0. The monoisotopic (exact) mass is 131 g/mol. The van der Waals surface area contributed by atoms with Crippen LogP contribution in [0.1, 0.15) is 20.8 Å². The Labute approximate surface area is 55.0 Å². The summed E-state index contributed by atoms with van der Waals surface area (Å²) in [6.45, 7) is 6.42. The Morgan fingerprint density at radius 1 is 1.56 bits per heavy atom. The summed E-state index contributed by atoms with van der Waals surface area (Å²) >= 11 is 0. The lowest BCUT2D eigenvalue weighted by atomic mass is 10.5. The Hall–Kier alpha value is -0.730. The molecule has 53 valence electrons. The van der Waals surface area contributed by atoms with Crippen LogP contribution in [0.5, 0.6) is 0 Å². The highest BCUT2D eigenvalue weighted by atomic mass is 16.7. The SMILES string of the molecule is C[CH]OC(=O)OC(C)C. The predicted octanol–water partition coefficient (Wildman–Crippen LogP) is 1.73. The van der Waals surface area contributed by atoms with Crippen molar-refractivity contribution in [3.05, 3.63) is 6.61 Å². The van der Waals surface area contributed by atoms with E-state index in [4.69, 9.17) is 0 Å². The van der Waals surface area contributed by atoms with Crippen LogP contribution in [0.15, 0.2) is 0 Å². The highest BCUT2D eigenvalue weighted by Gasteiger charge is 2.03. The second-order valence-electron chi connectivity index (χ2n) is 1.77. The van der Waals surface area contributed by atoms with E-state index in [1.54, 1.807) is 20.8 Å². The van der Waals surface area contributed by atoms with Gasteiger partial charge in [-0.25, -0.2) is 4.79 Å². The van der Waals surface area contributed by atoms with Gasteiger partial charge in [0.05, 0.1) is 6.10 Å². The van der Waals surface area contributed by atoms with Crippen LogP contribution < -0.4 is 0 Å². The molecule has 0 N–H and O–H groups in total. The van der Waals surface area contributed by atoms with Gasteiger partial charge in [-0.05, 0) is 20.8 Å². The number of ether oxygens (including phenoxy) is 2. The molecular formula is C6H11O3. The minimum Gasteiger partial charge on any atom is -0.432 e. The van der Waals surface area contributed by atoms with Gasteiger partial charge in [0.25, 0.3) is 0 Å². The molecule has 0 saturated heterocycles. The summed E-state index contributed by atoms with van der Waals surface area (Å²) < 4.78 is 8.96. The van der Waals surface area contributed by atoms with Gasteiger partial charge in [0.1, 0.15) is 6.61 Å². The Morgan fingerprint density at radius 2 is 2.11 bits per heavy atom. The maximum absolute atomic E-state index is 10.4. The predicted molar refractivity (Wildman–Crippen MR) is 32.7 cm³/mol. The molecule has 0 atom stereocenters. The molecule has 0 rings (SSSR count). The van der Waals surface area contributed by atoms with Crippen LogP contribution in [0.2, 0.25) is 0 Å². The van der Waals surface area contributed by atoms with E-state index in [1.807, 2.05) is 0 Å². The molecule has 9 heavy (non-hydrogen) atoms. The number of carbonyl (C=O) groups excluding carboxylic acids is 1. The fourth-order valence-electron chi connectivity index (χ4n) is 0.316. The molecule has 1 radical (unpaired) electrons. The van der Waals surface area contributed by atoms with E-state index in [1.165, 1.54) is 6.61 Å². The fourth-order valence-corrected chi connectivity index (χ4v) is 0.316. The van der Waals surface area contributed by atoms with Crippen LogP contribution in [-0.4, -0.2) is 12.3 Å². The van der Waals surface area contributed by atoms with Gasteiger partial charge in [0.2, 0.25) is 0 Å². The highest BCUT2D eigenvalue weighted by Crippen LogP contribution is 1.92. The molecule has 3 nitrogen and oxygen atoms in total. The zero-order chi connectivity index (χ0) is 7.28. The molecule has 0 saturated carbocycles. The molecule has 0 spiro atoms. The lowest BCUT2D eigenvalue weighted by Crippen LogP contribution is -2.11. The normalized spacial score (nSPS) is 9.33. The van der Waals surface area contributed by atoms with Crippen LogP contribution in [-0.2, 0) is 9.47 Å². The number of carbonyl (C=O) groups is 1. The van der Waals surface area contributed by atoms with Crippen molar-refractivity contribution in [3.63, 3.8) is 0 Å². The van der Waals surface area contributed by atoms with Crippen LogP contribution in [0, 0.1) is 6.61 Å². The summed E-state index contributed by atoms with van der Waals surface area (Å²) in [7, 11) is 0. The van der Waals surface area contributed by atoms with Crippen LogP contribution in [0.25, 0.3) is 0 Å². The Balaban J connectivity index is 3.27. The van der Waals surface area contributed by atoms with E-state index in [0.29, 0.717) is 0 Å². The molecule has 0 aliphatic carbocycles. The summed E-state index contributed by atoms with van der Waals surface area (Å²) in [4.78, 5) is 10.4. The Morgan fingerprint density at radius 3 is 2.44 bits per heavy atom. The lowest BCUT2D eigenvalue weighted by molar-refractivity contribution is 0.0516. The maximum Gasteiger partial charge on any atom is 0.508 e. The molecular weight excluding hydrogens is 120 g/mol. The third-order valence-corrected chi connectivity index (χ3v) is 0.546. The van der Waals surface area contributed by atoms with E-state index in [-0.39, 0.29) is 6.10 Å². The topological polar surface area (TPSA) is 35.5 Å². The average Bonchev–Trinajstić information content (AvgIpc) is 1.63. The average molecular weight is 131 g/mol. The van der Waals surface area contributed by atoms with Gasteiger partial charge in [0, 0.05) is 0 Å². The molecule has 0 heterocycles. The molecule has 0 aromatic carbocycles. The zero-order valence-corrected chi connectivity index (χ0v) is 5.88. The minimum absolute atomic E-state index is 0.113. The molecule has 0 amide bonds. The lowest BCUT2D eigenvalue weighted by Gasteiger charge is -2.05. The third kappa shape index (κ3) is 5.14. The van der Waals surface area contributed by atoms with Gasteiger partial charge in [-0.2, -0.15) is 0 Å². The molecule has 0 bridgehead atoms. The summed E-state index contributed by atoms with van der Waals surface area (Å²) in [5.41, 5.74) is 0. The molecule has 0 aromatic rings. The highest BCUT2D eigenvalue weighted by molar-refractivity contribution is 5.60. The second kappa shape index (κ2) is 4.18. The first kappa shape index (κ1) is 8.27. The zero-order valence-electron chi connectivity index (χ0n) is 5.88. The van der Waals surface area contributed by atoms with Gasteiger partial charge >= 0.3 is 6.16 Å². The van der Waals surface area contributed by atoms with Crippen LogP contribution >= 0.6 is 0 Å². The van der Waals surface area contributed by atoms with Gasteiger partial charge in [-0.1, -0.05) is 0 Å². The van der Waals surface area contributed by atoms with E-state index < -0.39 is 6.16 Å². The van der Waals surface area contributed by atoms with Crippen molar-refractivity contribution in [3.8, 4) is 0 Å². The van der Waals surface area contributed by atoms with E-state index >= 15 is 0 Å². The van der Waals surface area contributed by atoms with Crippen molar-refractivity contribution in [2.24, 2.45) is 0 Å². The number of hydrogen-bond acceptors (Lipinski definition) is 3. The first-order valence-electron chi connectivity index (χ1n) is 2.82. The first-order valence-corrected chi connectivity index (χ1v) is 2.82. The molecule has 0 aromatic heterocycles. The standard InChI is InChI=1S/C6H11O3/c1-4-8-6(7)9-5(2)3/h4-5H,1-3H3. The molecule has 0 unspecified atom stereocenters. The molecule has 0 fully saturated rings. The van der Waals surface area contributed by atoms with E-state index in [9.17, 15) is 4.79 Å². The molecule has 0 aliphatic heterocycles. The fraction of sp³-hybridized carbons (Fsp3) is 0.667. The second-order valence-corrected chi connectivity index (χ2v) is 1.77. The Kier molecular flexibility index (Phi) is 3.84. The summed E-state index contributed by atoms with van der Waals surface area (Å²) in [6, 6.07) is 0. The molecule has 3 heteroatoms. The summed E-state index contributed by atoms with van der Waals surface area (Å²) in [5.74, 6) is 0. The van der Waals surface area contributed by atoms with Crippen molar-refractivity contribution in [2.75, 3.05) is 0 Å². The van der Waals surface area contributed by atoms with Gasteiger partial charge in [-0.3, -0.25) is 0 Å². The smallest absolute Gasteiger partial charge is 0.432 e. The van der Waals surface area contributed by atoms with Crippen LogP contribution in [0.4, 0.5) is 4.79 Å². The number of hydrogen-bond donors (Lipinski definition) is 0. The first-order chi connectivity index (χ1) is 4.16. The van der Waals surface area contributed by atoms with E-state index in [0.717, 1.165) is 0 Å². The van der Waals surface area contributed by atoms with Gasteiger partial charge in [0.15, 0.2) is 0 Å². The maximum atomic E-state index is 10.4.